The maximum Gasteiger partial charge on any atom is 0.269 e. The smallest absolute Gasteiger partial charge is 0.269 e. The quantitative estimate of drug-likeness (QED) is 0.261. The summed E-state index contributed by atoms with van der Waals surface area (Å²) in [5, 5.41) is 18.6. The average Bonchev–Trinajstić information content (AvgIpc) is 2.18. The minimum atomic E-state index is -0.545. The van der Waals surface area contributed by atoms with Crippen LogP contribution in [0.2, 0.25) is 0 Å². The van der Waals surface area contributed by atoms with Crippen LogP contribution in [0.5, 0.6) is 0 Å². The van der Waals surface area contributed by atoms with Crippen molar-refractivity contribution in [2.45, 2.75) is 0 Å². The standard InChI is InChI=1S/C9H7NO4/c11-6-5-9(12)7-1-3-8(4-2-7)10(13)14/h1-6,11H/b6-5+. The van der Waals surface area contributed by atoms with Gasteiger partial charge in [0, 0.05) is 23.8 Å². The van der Waals surface area contributed by atoms with E-state index in [1.165, 1.54) is 24.3 Å². The van der Waals surface area contributed by atoms with Gasteiger partial charge in [-0.05, 0) is 12.1 Å². The number of aliphatic hydroxyl groups is 1. The molecule has 0 heterocycles. The summed E-state index contributed by atoms with van der Waals surface area (Å²) < 4.78 is 0. The summed E-state index contributed by atoms with van der Waals surface area (Å²) in [4.78, 5) is 20.8. The van der Waals surface area contributed by atoms with Gasteiger partial charge in [0.15, 0.2) is 5.78 Å². The third kappa shape index (κ3) is 2.16. The molecule has 5 heteroatoms. The van der Waals surface area contributed by atoms with Crippen LogP contribution in [0.3, 0.4) is 0 Å². The Balaban J connectivity index is 2.94. The topological polar surface area (TPSA) is 80.4 Å². The van der Waals surface area contributed by atoms with Gasteiger partial charge < -0.3 is 5.11 Å². The molecule has 0 spiro atoms. The highest BCUT2D eigenvalue weighted by atomic mass is 16.6. The number of hydrogen-bond acceptors (Lipinski definition) is 4. The van der Waals surface area contributed by atoms with E-state index in [9.17, 15) is 14.9 Å². The molecule has 0 fully saturated rings. The monoisotopic (exact) mass is 193 g/mol. The van der Waals surface area contributed by atoms with Crippen molar-refractivity contribution in [3.63, 3.8) is 0 Å². The summed E-state index contributed by atoms with van der Waals surface area (Å²) in [6.45, 7) is 0. The Morgan fingerprint density at radius 1 is 1.36 bits per heavy atom. The molecule has 0 unspecified atom stereocenters. The number of nitro groups is 1. The second-order valence-corrected chi connectivity index (χ2v) is 2.48. The molecule has 0 saturated carbocycles. The van der Waals surface area contributed by atoms with Gasteiger partial charge in [-0.3, -0.25) is 14.9 Å². The molecular formula is C9H7NO4. The molecule has 0 bridgehead atoms. The molecule has 5 nitrogen and oxygen atoms in total. The second kappa shape index (κ2) is 4.18. The van der Waals surface area contributed by atoms with Gasteiger partial charge in [0.25, 0.3) is 5.69 Å². The highest BCUT2D eigenvalue weighted by molar-refractivity contribution is 6.04. The molecule has 1 rings (SSSR count). The van der Waals surface area contributed by atoms with Crippen molar-refractivity contribution in [3.05, 3.63) is 52.3 Å². The molecule has 0 radical (unpaired) electrons. The first kappa shape index (κ1) is 9.91. The summed E-state index contributed by atoms with van der Waals surface area (Å²) in [6, 6.07) is 5.14. The van der Waals surface area contributed by atoms with E-state index >= 15 is 0 Å². The molecule has 72 valence electrons. The third-order valence-corrected chi connectivity index (χ3v) is 1.59. The van der Waals surface area contributed by atoms with E-state index in [0.29, 0.717) is 11.8 Å². The van der Waals surface area contributed by atoms with Crippen LogP contribution >= 0.6 is 0 Å². The molecule has 0 aromatic heterocycles. The van der Waals surface area contributed by atoms with Gasteiger partial charge in [0.05, 0.1) is 11.2 Å². The minimum Gasteiger partial charge on any atom is -0.515 e. The number of aliphatic hydroxyl groups excluding tert-OH is 1. The number of nitro benzene ring substituents is 1. The number of carbonyl (C=O) groups is 1. The van der Waals surface area contributed by atoms with Gasteiger partial charge in [0.1, 0.15) is 0 Å². The van der Waals surface area contributed by atoms with Crippen molar-refractivity contribution >= 4 is 11.5 Å². The van der Waals surface area contributed by atoms with Crippen LogP contribution < -0.4 is 0 Å². The van der Waals surface area contributed by atoms with Gasteiger partial charge in [-0.2, -0.15) is 0 Å². The fourth-order valence-corrected chi connectivity index (χ4v) is 0.911. The number of nitrogens with zero attached hydrogens (tertiary/aromatic N) is 1. The predicted molar refractivity (Wildman–Crippen MR) is 49.2 cm³/mol. The first-order valence-electron chi connectivity index (χ1n) is 3.74. The molecule has 0 atom stereocenters. The Morgan fingerprint density at radius 3 is 2.36 bits per heavy atom. The Labute approximate surface area is 79.4 Å². The fraction of sp³-hybridized carbons (Fsp3) is 0. The second-order valence-electron chi connectivity index (χ2n) is 2.48. The number of benzene rings is 1. The van der Waals surface area contributed by atoms with Crippen molar-refractivity contribution in [2.24, 2.45) is 0 Å². The van der Waals surface area contributed by atoms with Crippen molar-refractivity contribution in [2.75, 3.05) is 0 Å². The van der Waals surface area contributed by atoms with Crippen LogP contribution in [-0.4, -0.2) is 15.8 Å². The van der Waals surface area contributed by atoms with Gasteiger partial charge in [0.2, 0.25) is 0 Å². The molecule has 0 amide bonds. The van der Waals surface area contributed by atoms with Crippen LogP contribution in [0.1, 0.15) is 10.4 Å². The van der Waals surface area contributed by atoms with Gasteiger partial charge in [-0.1, -0.05) is 0 Å². The van der Waals surface area contributed by atoms with Gasteiger partial charge in [-0.25, -0.2) is 0 Å². The SMILES string of the molecule is O=C(/C=C/O)c1ccc([N+](=O)[O-])cc1. The summed E-state index contributed by atoms with van der Waals surface area (Å²) in [6.07, 6.45) is 1.60. The first-order chi connectivity index (χ1) is 6.65. The predicted octanol–water partition coefficient (Wildman–Crippen LogP) is 1.85. The molecular weight excluding hydrogens is 186 g/mol. The Kier molecular flexibility index (Phi) is 2.96. The lowest BCUT2D eigenvalue weighted by Crippen LogP contribution is -1.95. The van der Waals surface area contributed by atoms with E-state index < -0.39 is 10.7 Å². The third-order valence-electron chi connectivity index (χ3n) is 1.59. The van der Waals surface area contributed by atoms with E-state index in [1.54, 1.807) is 0 Å². The highest BCUT2D eigenvalue weighted by Gasteiger charge is 2.06. The zero-order valence-corrected chi connectivity index (χ0v) is 7.08. The summed E-state index contributed by atoms with van der Waals surface area (Å²) in [5.74, 6) is -0.401. The van der Waals surface area contributed by atoms with Crippen LogP contribution in [0, 0.1) is 10.1 Å². The van der Waals surface area contributed by atoms with E-state index in [0.717, 1.165) is 6.08 Å². The van der Waals surface area contributed by atoms with Crippen molar-refractivity contribution in [1.29, 1.82) is 0 Å². The molecule has 14 heavy (non-hydrogen) atoms. The van der Waals surface area contributed by atoms with Crippen molar-refractivity contribution < 1.29 is 14.8 Å². The number of ketones is 1. The van der Waals surface area contributed by atoms with Crippen LogP contribution in [0.25, 0.3) is 0 Å². The first-order valence-corrected chi connectivity index (χ1v) is 3.74. The number of allylic oxidation sites excluding steroid dienone is 1. The zero-order chi connectivity index (χ0) is 10.6. The number of rotatable bonds is 3. The molecule has 0 saturated heterocycles. The summed E-state index contributed by atoms with van der Waals surface area (Å²) in [7, 11) is 0. The molecule has 1 aromatic rings. The largest absolute Gasteiger partial charge is 0.515 e. The van der Waals surface area contributed by atoms with Crippen LogP contribution in [-0.2, 0) is 0 Å². The Bertz CT molecular complexity index is 380. The maximum absolute atomic E-state index is 11.1. The van der Waals surface area contributed by atoms with Gasteiger partial charge in [-0.15, -0.1) is 0 Å². The lowest BCUT2D eigenvalue weighted by Gasteiger charge is -1.94. The highest BCUT2D eigenvalue weighted by Crippen LogP contribution is 2.12. The fourth-order valence-electron chi connectivity index (χ4n) is 0.911. The minimum absolute atomic E-state index is 0.0745. The normalized spacial score (nSPS) is 10.3. The molecule has 0 aliphatic heterocycles. The molecule has 0 aliphatic carbocycles. The molecule has 1 N–H and O–H groups in total. The van der Waals surface area contributed by atoms with E-state index in [4.69, 9.17) is 5.11 Å². The van der Waals surface area contributed by atoms with Gasteiger partial charge >= 0.3 is 0 Å². The van der Waals surface area contributed by atoms with Crippen LogP contribution in [0.15, 0.2) is 36.6 Å². The summed E-state index contributed by atoms with van der Waals surface area (Å²) in [5.41, 5.74) is 0.218. The Morgan fingerprint density at radius 2 is 1.93 bits per heavy atom. The Hall–Kier alpha value is -2.17. The number of non-ortho nitro benzene ring substituents is 1. The van der Waals surface area contributed by atoms with Crippen molar-refractivity contribution in [3.8, 4) is 0 Å². The number of carbonyl (C=O) groups excluding carboxylic acids is 1. The zero-order valence-electron chi connectivity index (χ0n) is 7.08. The maximum atomic E-state index is 11.1. The van der Waals surface area contributed by atoms with Crippen LogP contribution in [0.4, 0.5) is 5.69 Å². The van der Waals surface area contributed by atoms with Crippen molar-refractivity contribution in [1.82, 2.24) is 0 Å². The summed E-state index contributed by atoms with van der Waals surface area (Å²) >= 11 is 0. The number of hydrogen-bond donors (Lipinski definition) is 1. The molecule has 1 aromatic carbocycles. The van der Waals surface area contributed by atoms with E-state index in [1.807, 2.05) is 0 Å². The average molecular weight is 193 g/mol. The lowest BCUT2D eigenvalue weighted by molar-refractivity contribution is -0.384. The lowest BCUT2D eigenvalue weighted by atomic mass is 10.1. The molecule has 0 aliphatic rings. The van der Waals surface area contributed by atoms with E-state index in [-0.39, 0.29) is 5.69 Å². The van der Waals surface area contributed by atoms with E-state index in [2.05, 4.69) is 0 Å².